The van der Waals surface area contributed by atoms with E-state index in [4.69, 9.17) is 9.47 Å². The summed E-state index contributed by atoms with van der Waals surface area (Å²) >= 11 is 0. The van der Waals surface area contributed by atoms with Crippen molar-refractivity contribution in [1.29, 1.82) is 0 Å². The van der Waals surface area contributed by atoms with Crippen molar-refractivity contribution in [1.82, 2.24) is 9.29 Å². The number of sulfonamides is 1. The number of piperidine rings is 1. The number of hydrogen-bond acceptors (Lipinski definition) is 5. The van der Waals surface area contributed by atoms with Gasteiger partial charge in [0, 0.05) is 31.3 Å². The Hall–Kier alpha value is -1.18. The van der Waals surface area contributed by atoms with E-state index < -0.39 is 10.0 Å². The van der Waals surface area contributed by atoms with Gasteiger partial charge in [0.1, 0.15) is 5.75 Å². The van der Waals surface area contributed by atoms with Gasteiger partial charge in [0.15, 0.2) is 0 Å². The molecule has 1 aliphatic carbocycles. The first-order chi connectivity index (χ1) is 11.6. The molecule has 0 amide bonds. The molecule has 1 aromatic rings. The van der Waals surface area contributed by atoms with Crippen molar-refractivity contribution in [2.75, 3.05) is 26.3 Å². The lowest BCUT2D eigenvalue weighted by atomic mass is 9.73. The first-order valence-electron chi connectivity index (χ1n) is 8.74. The molecule has 2 saturated heterocycles. The Kier molecular flexibility index (Phi) is 4.26. The molecule has 0 radical (unpaired) electrons. The predicted octanol–water partition coefficient (Wildman–Crippen LogP) is 1.82. The van der Waals surface area contributed by atoms with Crippen LogP contribution in [0.4, 0.5) is 0 Å². The number of hydrogen-bond donors (Lipinski definition) is 0. The summed E-state index contributed by atoms with van der Waals surface area (Å²) in [6.45, 7) is 2.31. The number of rotatable bonds is 5. The number of ether oxygens (including phenoxy) is 2. The van der Waals surface area contributed by atoms with Crippen molar-refractivity contribution in [2.24, 2.45) is 5.41 Å². The van der Waals surface area contributed by atoms with E-state index in [1.165, 1.54) is 0 Å². The van der Waals surface area contributed by atoms with Gasteiger partial charge in [-0.1, -0.05) is 0 Å². The summed E-state index contributed by atoms with van der Waals surface area (Å²) in [5.41, 5.74) is -0.256. The van der Waals surface area contributed by atoms with Crippen LogP contribution in [-0.4, -0.2) is 55.4 Å². The van der Waals surface area contributed by atoms with E-state index in [1.807, 2.05) is 12.1 Å². The second kappa shape index (κ2) is 6.28. The van der Waals surface area contributed by atoms with E-state index in [2.05, 4.69) is 4.98 Å². The molecular weight excluding hydrogens is 328 g/mol. The molecule has 4 rings (SSSR count). The van der Waals surface area contributed by atoms with Crippen LogP contribution in [0.2, 0.25) is 0 Å². The molecule has 2 aliphatic heterocycles. The van der Waals surface area contributed by atoms with Gasteiger partial charge in [0.2, 0.25) is 10.0 Å². The highest BCUT2D eigenvalue weighted by Gasteiger charge is 2.51. The fourth-order valence-corrected chi connectivity index (χ4v) is 5.86. The molecule has 0 aromatic carbocycles. The Morgan fingerprint density at radius 1 is 1.38 bits per heavy atom. The van der Waals surface area contributed by atoms with Crippen LogP contribution < -0.4 is 4.74 Å². The number of fused-ring (bicyclic) bond motifs is 1. The first kappa shape index (κ1) is 16.3. The average molecular weight is 352 g/mol. The fraction of sp³-hybridized carbons (Fsp3) is 0.706. The zero-order chi connectivity index (χ0) is 16.6. The van der Waals surface area contributed by atoms with Crippen LogP contribution in [0, 0.1) is 5.41 Å². The topological polar surface area (TPSA) is 68.7 Å². The maximum atomic E-state index is 12.7. The minimum Gasteiger partial charge on any atom is -0.491 e. The van der Waals surface area contributed by atoms with Crippen LogP contribution in [0.25, 0.3) is 0 Å². The van der Waals surface area contributed by atoms with Crippen LogP contribution in [0.1, 0.15) is 32.1 Å². The highest BCUT2D eigenvalue weighted by Crippen LogP contribution is 2.43. The molecule has 132 valence electrons. The van der Waals surface area contributed by atoms with Gasteiger partial charge in [0.05, 0.1) is 24.2 Å². The SMILES string of the molecule is O=S(=O)(C1CC1)N1CCC2OCCCC2(COc2cccnc2)C1. The summed E-state index contributed by atoms with van der Waals surface area (Å²) in [6.07, 6.45) is 7.73. The van der Waals surface area contributed by atoms with Crippen molar-refractivity contribution in [3.63, 3.8) is 0 Å². The molecule has 2 unspecified atom stereocenters. The summed E-state index contributed by atoms with van der Waals surface area (Å²) in [4.78, 5) is 4.07. The van der Waals surface area contributed by atoms with Crippen LogP contribution in [0.5, 0.6) is 5.75 Å². The van der Waals surface area contributed by atoms with E-state index in [0.29, 0.717) is 19.7 Å². The Morgan fingerprint density at radius 2 is 2.25 bits per heavy atom. The maximum Gasteiger partial charge on any atom is 0.217 e. The highest BCUT2D eigenvalue weighted by molar-refractivity contribution is 7.90. The average Bonchev–Trinajstić information content (AvgIpc) is 3.46. The minimum atomic E-state index is -3.15. The van der Waals surface area contributed by atoms with E-state index in [-0.39, 0.29) is 16.8 Å². The third-order valence-corrected chi connectivity index (χ3v) is 7.76. The number of nitrogens with zero attached hydrogens (tertiary/aromatic N) is 2. The largest absolute Gasteiger partial charge is 0.491 e. The summed E-state index contributed by atoms with van der Waals surface area (Å²) in [5.74, 6) is 0.721. The molecule has 24 heavy (non-hydrogen) atoms. The van der Waals surface area contributed by atoms with Crippen LogP contribution in [-0.2, 0) is 14.8 Å². The quantitative estimate of drug-likeness (QED) is 0.809. The first-order valence-corrected chi connectivity index (χ1v) is 10.2. The van der Waals surface area contributed by atoms with E-state index in [1.54, 1.807) is 16.7 Å². The van der Waals surface area contributed by atoms with Gasteiger partial charge in [-0.2, -0.15) is 0 Å². The minimum absolute atomic E-state index is 0.0774. The zero-order valence-electron chi connectivity index (χ0n) is 13.8. The van der Waals surface area contributed by atoms with Crippen molar-refractivity contribution in [2.45, 2.75) is 43.5 Å². The van der Waals surface area contributed by atoms with Crippen LogP contribution in [0.15, 0.2) is 24.5 Å². The Labute approximate surface area is 143 Å². The van der Waals surface area contributed by atoms with Gasteiger partial charge in [-0.3, -0.25) is 4.98 Å². The normalized spacial score (nSPS) is 31.4. The molecule has 2 atom stereocenters. The molecule has 3 aliphatic rings. The Bertz CT molecular complexity index is 677. The van der Waals surface area contributed by atoms with E-state index in [9.17, 15) is 8.42 Å². The summed E-state index contributed by atoms with van der Waals surface area (Å²) < 4.78 is 39.0. The third kappa shape index (κ3) is 3.05. The molecular formula is C17H24N2O4S. The Balaban J connectivity index is 1.53. The molecule has 0 spiro atoms. The smallest absolute Gasteiger partial charge is 0.217 e. The maximum absolute atomic E-state index is 12.7. The molecule has 7 heteroatoms. The van der Waals surface area contributed by atoms with Crippen LogP contribution in [0.3, 0.4) is 0 Å². The van der Waals surface area contributed by atoms with Crippen molar-refractivity contribution < 1.29 is 17.9 Å². The molecule has 0 bridgehead atoms. The molecule has 1 saturated carbocycles. The van der Waals surface area contributed by atoms with Crippen molar-refractivity contribution >= 4 is 10.0 Å². The van der Waals surface area contributed by atoms with Gasteiger partial charge >= 0.3 is 0 Å². The van der Waals surface area contributed by atoms with Gasteiger partial charge in [-0.25, -0.2) is 12.7 Å². The van der Waals surface area contributed by atoms with Gasteiger partial charge < -0.3 is 9.47 Å². The van der Waals surface area contributed by atoms with Gasteiger partial charge in [0.25, 0.3) is 0 Å². The fourth-order valence-electron chi connectivity index (χ4n) is 3.91. The number of pyridine rings is 1. The monoisotopic (exact) mass is 352 g/mol. The lowest BCUT2D eigenvalue weighted by molar-refractivity contribution is -0.128. The Morgan fingerprint density at radius 3 is 3.00 bits per heavy atom. The summed E-state index contributed by atoms with van der Waals surface area (Å²) in [7, 11) is -3.15. The highest BCUT2D eigenvalue weighted by atomic mass is 32.2. The van der Waals surface area contributed by atoms with E-state index >= 15 is 0 Å². The molecule has 1 aromatic heterocycles. The standard InChI is InChI=1S/C17H24N2O4S/c20-24(21,15-4-5-15)19-9-6-16-17(12-19,7-2-10-22-16)13-23-14-3-1-8-18-11-14/h1,3,8,11,15-16H,2,4-7,9-10,12-13H2. The summed E-state index contributed by atoms with van der Waals surface area (Å²) in [5, 5.41) is -0.158. The predicted molar refractivity (Wildman–Crippen MR) is 89.3 cm³/mol. The third-order valence-electron chi connectivity index (χ3n) is 5.42. The lowest BCUT2D eigenvalue weighted by Gasteiger charge is -2.49. The second-order valence-electron chi connectivity index (χ2n) is 7.17. The second-order valence-corrected chi connectivity index (χ2v) is 9.38. The van der Waals surface area contributed by atoms with Gasteiger partial charge in [-0.15, -0.1) is 0 Å². The van der Waals surface area contributed by atoms with Crippen LogP contribution >= 0.6 is 0 Å². The zero-order valence-corrected chi connectivity index (χ0v) is 14.6. The van der Waals surface area contributed by atoms with E-state index in [0.717, 1.165) is 44.5 Å². The lowest BCUT2D eigenvalue weighted by Crippen LogP contribution is -2.58. The molecule has 6 nitrogen and oxygen atoms in total. The molecule has 3 heterocycles. The van der Waals surface area contributed by atoms with Crippen molar-refractivity contribution in [3.05, 3.63) is 24.5 Å². The van der Waals surface area contributed by atoms with Gasteiger partial charge in [-0.05, 0) is 44.2 Å². The summed E-state index contributed by atoms with van der Waals surface area (Å²) in [6, 6.07) is 3.72. The molecule has 0 N–H and O–H groups in total. The van der Waals surface area contributed by atoms with Crippen molar-refractivity contribution in [3.8, 4) is 5.75 Å². The molecule has 3 fully saturated rings. The number of aromatic nitrogens is 1.